The average molecular weight is 401 g/mol. The maximum absolute atomic E-state index is 13.0. The number of carbonyl (C=O) groups excluding carboxylic acids is 1. The lowest BCUT2D eigenvalue weighted by atomic mass is 10.1. The van der Waals surface area contributed by atoms with Gasteiger partial charge in [-0.15, -0.1) is 0 Å². The second-order valence-electron chi connectivity index (χ2n) is 6.45. The Labute approximate surface area is 160 Å². The number of nitrogens with zero attached hydrogens (tertiary/aromatic N) is 1. The molecule has 0 bridgehead atoms. The number of rotatable bonds is 8. The molecule has 1 aliphatic rings. The van der Waals surface area contributed by atoms with Gasteiger partial charge in [0.25, 0.3) is 0 Å². The Bertz CT molecular complexity index is 692. The molecule has 1 aromatic carbocycles. The molecule has 1 aromatic rings. The van der Waals surface area contributed by atoms with E-state index in [1.54, 1.807) is 40.9 Å². The van der Waals surface area contributed by atoms with E-state index in [1.165, 1.54) is 0 Å². The van der Waals surface area contributed by atoms with E-state index in [4.69, 9.17) is 4.74 Å². The van der Waals surface area contributed by atoms with Gasteiger partial charge in [-0.3, -0.25) is 4.79 Å². The van der Waals surface area contributed by atoms with Gasteiger partial charge in [0.15, 0.2) is 0 Å². The van der Waals surface area contributed by atoms with E-state index in [0.717, 1.165) is 12.0 Å². The summed E-state index contributed by atoms with van der Waals surface area (Å²) in [6.45, 7) is 5.42. The predicted octanol–water partition coefficient (Wildman–Crippen LogP) is 2.03. The fraction of sp³-hybridized carbons (Fsp3) is 0.611. The van der Waals surface area contributed by atoms with Crippen LogP contribution in [0.15, 0.2) is 29.2 Å². The zero-order valence-electron chi connectivity index (χ0n) is 15.6. The molecule has 2 atom stereocenters. The summed E-state index contributed by atoms with van der Waals surface area (Å²) in [7, 11) is -3.75. The van der Waals surface area contributed by atoms with Gasteiger partial charge in [0.1, 0.15) is 6.04 Å². The van der Waals surface area contributed by atoms with Gasteiger partial charge in [0.05, 0.1) is 17.6 Å². The number of hydrogen-bond donors (Lipinski definition) is 1. The number of ether oxygens (including phenoxy) is 1. The van der Waals surface area contributed by atoms with Crippen LogP contribution in [0.1, 0.15) is 25.3 Å². The SMILES string of the molecule is CCC1CN(C(=O)C(CCSC)NS(=O)(=O)c2ccc(C)cc2)CCO1. The molecule has 1 heterocycles. The Balaban J connectivity index is 2.15. The van der Waals surface area contributed by atoms with E-state index in [2.05, 4.69) is 4.72 Å². The van der Waals surface area contributed by atoms with Crippen LogP contribution in [-0.4, -0.2) is 63.1 Å². The zero-order chi connectivity index (χ0) is 19.2. The first-order valence-corrected chi connectivity index (χ1v) is 11.7. The minimum atomic E-state index is -3.75. The summed E-state index contributed by atoms with van der Waals surface area (Å²) in [5.74, 6) is 0.533. The highest BCUT2D eigenvalue weighted by atomic mass is 32.2. The highest BCUT2D eigenvalue weighted by Crippen LogP contribution is 2.15. The molecule has 0 saturated carbocycles. The van der Waals surface area contributed by atoms with Gasteiger partial charge in [-0.1, -0.05) is 24.6 Å². The van der Waals surface area contributed by atoms with Crippen molar-refractivity contribution in [2.45, 2.75) is 43.7 Å². The lowest BCUT2D eigenvalue weighted by Gasteiger charge is -2.34. The molecule has 2 rings (SSSR count). The Kier molecular flexibility index (Phi) is 7.94. The van der Waals surface area contributed by atoms with Crippen molar-refractivity contribution in [1.29, 1.82) is 0 Å². The van der Waals surface area contributed by atoms with Crippen LogP contribution in [0.5, 0.6) is 0 Å². The number of sulfonamides is 1. The molecule has 1 fully saturated rings. The van der Waals surface area contributed by atoms with Crippen LogP contribution in [-0.2, 0) is 19.6 Å². The zero-order valence-corrected chi connectivity index (χ0v) is 17.2. The first-order chi connectivity index (χ1) is 12.4. The van der Waals surface area contributed by atoms with Crippen molar-refractivity contribution in [3.05, 3.63) is 29.8 Å². The van der Waals surface area contributed by atoms with Crippen molar-refractivity contribution in [2.75, 3.05) is 31.7 Å². The number of hydrogen-bond acceptors (Lipinski definition) is 5. The molecule has 1 N–H and O–H groups in total. The molecule has 1 saturated heterocycles. The summed E-state index contributed by atoms with van der Waals surface area (Å²) in [5.41, 5.74) is 0.984. The lowest BCUT2D eigenvalue weighted by Crippen LogP contribution is -2.53. The molecule has 0 spiro atoms. The lowest BCUT2D eigenvalue weighted by molar-refractivity contribution is -0.140. The second kappa shape index (κ2) is 9.73. The number of carbonyl (C=O) groups is 1. The maximum Gasteiger partial charge on any atom is 0.241 e. The number of thioether (sulfide) groups is 1. The number of amides is 1. The molecule has 26 heavy (non-hydrogen) atoms. The van der Waals surface area contributed by atoms with Gasteiger partial charge in [-0.25, -0.2) is 8.42 Å². The van der Waals surface area contributed by atoms with Gasteiger partial charge in [0, 0.05) is 13.1 Å². The smallest absolute Gasteiger partial charge is 0.241 e. The number of benzene rings is 1. The topological polar surface area (TPSA) is 75.7 Å². The molecular weight excluding hydrogens is 372 g/mol. The van der Waals surface area contributed by atoms with Gasteiger partial charge in [-0.05, 0) is 43.9 Å². The van der Waals surface area contributed by atoms with Crippen molar-refractivity contribution in [3.63, 3.8) is 0 Å². The molecule has 8 heteroatoms. The third-order valence-corrected chi connectivity index (χ3v) is 6.57. The molecule has 2 unspecified atom stereocenters. The van der Waals surface area contributed by atoms with Gasteiger partial charge in [0.2, 0.25) is 15.9 Å². The average Bonchev–Trinajstić information content (AvgIpc) is 2.65. The van der Waals surface area contributed by atoms with Crippen molar-refractivity contribution < 1.29 is 17.9 Å². The third kappa shape index (κ3) is 5.70. The Morgan fingerprint density at radius 2 is 2.08 bits per heavy atom. The number of nitrogens with one attached hydrogen (secondary N) is 1. The van der Waals surface area contributed by atoms with Crippen LogP contribution >= 0.6 is 11.8 Å². The molecule has 6 nitrogen and oxygen atoms in total. The summed E-state index contributed by atoms with van der Waals surface area (Å²) < 4.78 is 33.7. The van der Waals surface area contributed by atoms with Crippen LogP contribution < -0.4 is 4.72 Å². The van der Waals surface area contributed by atoms with Crippen LogP contribution in [0.3, 0.4) is 0 Å². The molecule has 0 aromatic heterocycles. The third-order valence-electron chi connectivity index (χ3n) is 4.44. The first-order valence-electron chi connectivity index (χ1n) is 8.85. The summed E-state index contributed by atoms with van der Waals surface area (Å²) in [6, 6.07) is 5.87. The Morgan fingerprint density at radius 1 is 1.38 bits per heavy atom. The summed E-state index contributed by atoms with van der Waals surface area (Å²) in [5, 5.41) is 0. The fourth-order valence-electron chi connectivity index (χ4n) is 2.83. The van der Waals surface area contributed by atoms with E-state index in [9.17, 15) is 13.2 Å². The van der Waals surface area contributed by atoms with Crippen LogP contribution in [0, 0.1) is 6.92 Å². The van der Waals surface area contributed by atoms with Gasteiger partial charge < -0.3 is 9.64 Å². The summed E-state index contributed by atoms with van der Waals surface area (Å²) >= 11 is 1.59. The maximum atomic E-state index is 13.0. The van der Waals surface area contributed by atoms with E-state index in [0.29, 0.717) is 31.9 Å². The molecule has 1 amide bonds. The van der Waals surface area contributed by atoms with Crippen molar-refractivity contribution in [3.8, 4) is 0 Å². The standard InChI is InChI=1S/C18H28N2O4S2/c1-4-15-13-20(10-11-24-15)18(21)17(9-12-25-3)19-26(22,23)16-7-5-14(2)6-8-16/h5-8,15,17,19H,4,9-13H2,1-3H3. The summed E-state index contributed by atoms with van der Waals surface area (Å²) in [6.07, 6.45) is 3.24. The Hall–Kier alpha value is -1.09. The molecule has 146 valence electrons. The van der Waals surface area contributed by atoms with Gasteiger partial charge >= 0.3 is 0 Å². The Morgan fingerprint density at radius 3 is 2.69 bits per heavy atom. The van der Waals surface area contributed by atoms with Gasteiger partial charge in [-0.2, -0.15) is 16.5 Å². The number of aryl methyl sites for hydroxylation is 1. The molecule has 0 radical (unpaired) electrons. The van der Waals surface area contributed by atoms with E-state index < -0.39 is 16.1 Å². The van der Waals surface area contributed by atoms with E-state index >= 15 is 0 Å². The first kappa shape index (κ1) is 21.2. The highest BCUT2D eigenvalue weighted by Gasteiger charge is 2.31. The normalized spacial score (nSPS) is 19.3. The molecule has 1 aliphatic heterocycles. The molecular formula is C18H28N2O4S2. The van der Waals surface area contributed by atoms with E-state index in [-0.39, 0.29) is 16.9 Å². The van der Waals surface area contributed by atoms with Crippen molar-refractivity contribution >= 4 is 27.7 Å². The minimum absolute atomic E-state index is 0.0163. The highest BCUT2D eigenvalue weighted by molar-refractivity contribution is 7.98. The predicted molar refractivity (Wildman–Crippen MR) is 105 cm³/mol. The largest absolute Gasteiger partial charge is 0.375 e. The van der Waals surface area contributed by atoms with Crippen LogP contribution in [0.2, 0.25) is 0 Å². The minimum Gasteiger partial charge on any atom is -0.375 e. The molecule has 0 aliphatic carbocycles. The van der Waals surface area contributed by atoms with Crippen molar-refractivity contribution in [1.82, 2.24) is 9.62 Å². The summed E-state index contributed by atoms with van der Waals surface area (Å²) in [4.78, 5) is 14.9. The van der Waals surface area contributed by atoms with Crippen LogP contribution in [0.4, 0.5) is 0 Å². The fourth-order valence-corrected chi connectivity index (χ4v) is 4.52. The second-order valence-corrected chi connectivity index (χ2v) is 9.15. The van der Waals surface area contributed by atoms with Crippen LogP contribution in [0.25, 0.3) is 0 Å². The van der Waals surface area contributed by atoms with E-state index in [1.807, 2.05) is 20.1 Å². The van der Waals surface area contributed by atoms with Crippen molar-refractivity contribution in [2.24, 2.45) is 0 Å². The monoisotopic (exact) mass is 400 g/mol. The number of morpholine rings is 1. The quantitative estimate of drug-likeness (QED) is 0.723.